The van der Waals surface area contributed by atoms with Crippen molar-refractivity contribution < 1.29 is 9.53 Å². The lowest BCUT2D eigenvalue weighted by atomic mass is 10.0. The quantitative estimate of drug-likeness (QED) is 0.767. The molecule has 0 radical (unpaired) electrons. The molecule has 2 heterocycles. The van der Waals surface area contributed by atoms with E-state index in [1.165, 1.54) is 0 Å². The van der Waals surface area contributed by atoms with Gasteiger partial charge in [0.25, 0.3) is 0 Å². The lowest BCUT2D eigenvalue weighted by molar-refractivity contribution is 0.0304. The van der Waals surface area contributed by atoms with Crippen molar-refractivity contribution in [2.45, 2.75) is 38.4 Å². The molecule has 2 bridgehead atoms. The molecule has 18 heavy (non-hydrogen) atoms. The van der Waals surface area contributed by atoms with Crippen LogP contribution in [0.2, 0.25) is 0 Å². The number of anilines is 1. The monoisotopic (exact) mass is 245 g/mol. The van der Waals surface area contributed by atoms with E-state index in [0.717, 1.165) is 37.2 Å². The fourth-order valence-electron chi connectivity index (χ4n) is 2.99. The molecular weight excluding hydrogens is 226 g/mol. The molecule has 0 amide bonds. The highest BCUT2D eigenvalue weighted by Gasteiger charge is 2.34. The third-order valence-electron chi connectivity index (χ3n) is 3.91. The Kier molecular flexibility index (Phi) is 3.08. The first-order valence-electron chi connectivity index (χ1n) is 6.80. The summed E-state index contributed by atoms with van der Waals surface area (Å²) in [5, 5.41) is 0. The Hall–Kier alpha value is -1.35. The maximum atomic E-state index is 12.0. The first-order chi connectivity index (χ1) is 8.78. The Bertz CT molecular complexity index is 446. The molecule has 3 rings (SSSR count). The molecule has 0 saturated carbocycles. The van der Waals surface area contributed by atoms with Gasteiger partial charge in [0.1, 0.15) is 0 Å². The van der Waals surface area contributed by atoms with Crippen molar-refractivity contribution in [1.29, 1.82) is 0 Å². The van der Waals surface area contributed by atoms with Crippen LogP contribution in [0.1, 0.15) is 36.5 Å². The molecule has 0 aromatic heterocycles. The molecule has 3 nitrogen and oxygen atoms in total. The Labute approximate surface area is 108 Å². The smallest absolute Gasteiger partial charge is 0.164 e. The minimum absolute atomic E-state index is 0.226. The number of hydrogen-bond donors (Lipinski definition) is 0. The average Bonchev–Trinajstić information content (AvgIpc) is 2.76. The fraction of sp³-hybridized carbons (Fsp3) is 0.533. The van der Waals surface area contributed by atoms with Crippen molar-refractivity contribution in [3.63, 3.8) is 0 Å². The van der Waals surface area contributed by atoms with Gasteiger partial charge in [-0.05, 0) is 25.0 Å². The summed E-state index contributed by atoms with van der Waals surface area (Å²) >= 11 is 0. The molecule has 2 aliphatic heterocycles. The van der Waals surface area contributed by atoms with Crippen LogP contribution in [0.3, 0.4) is 0 Å². The van der Waals surface area contributed by atoms with Gasteiger partial charge in [0, 0.05) is 30.8 Å². The van der Waals surface area contributed by atoms with E-state index in [2.05, 4.69) is 11.0 Å². The largest absolute Gasteiger partial charge is 0.371 e. The van der Waals surface area contributed by atoms with Gasteiger partial charge in [0.15, 0.2) is 5.78 Å². The summed E-state index contributed by atoms with van der Waals surface area (Å²) in [6, 6.07) is 7.97. The number of para-hydroxylation sites is 1. The number of nitrogens with zero attached hydrogens (tertiary/aromatic N) is 1. The summed E-state index contributed by atoms with van der Waals surface area (Å²) in [6.07, 6.45) is 3.59. The minimum atomic E-state index is 0.226. The van der Waals surface area contributed by atoms with Gasteiger partial charge >= 0.3 is 0 Å². The third-order valence-corrected chi connectivity index (χ3v) is 3.91. The Balaban J connectivity index is 1.90. The van der Waals surface area contributed by atoms with Crippen LogP contribution in [0.25, 0.3) is 0 Å². The minimum Gasteiger partial charge on any atom is -0.371 e. The van der Waals surface area contributed by atoms with Crippen LogP contribution in [-0.2, 0) is 4.74 Å². The number of carbonyl (C=O) groups excluding carboxylic acids is 1. The summed E-state index contributed by atoms with van der Waals surface area (Å²) in [5.74, 6) is 0.226. The summed E-state index contributed by atoms with van der Waals surface area (Å²) in [4.78, 5) is 14.3. The highest BCUT2D eigenvalue weighted by molar-refractivity contribution is 6.01. The molecule has 1 aromatic rings. The van der Waals surface area contributed by atoms with E-state index in [1.807, 2.05) is 25.1 Å². The number of ether oxygens (including phenoxy) is 1. The predicted molar refractivity (Wildman–Crippen MR) is 71.2 cm³/mol. The fourth-order valence-corrected chi connectivity index (χ4v) is 2.99. The maximum Gasteiger partial charge on any atom is 0.164 e. The van der Waals surface area contributed by atoms with Gasteiger partial charge in [-0.15, -0.1) is 0 Å². The number of ketones is 1. The van der Waals surface area contributed by atoms with Gasteiger partial charge in [0.05, 0.1) is 12.2 Å². The Morgan fingerprint density at radius 1 is 1.28 bits per heavy atom. The van der Waals surface area contributed by atoms with Crippen LogP contribution >= 0.6 is 0 Å². The van der Waals surface area contributed by atoms with E-state index in [0.29, 0.717) is 18.6 Å². The van der Waals surface area contributed by atoms with Crippen molar-refractivity contribution in [1.82, 2.24) is 0 Å². The van der Waals surface area contributed by atoms with Crippen LogP contribution in [-0.4, -0.2) is 31.1 Å². The normalized spacial score (nSPS) is 26.4. The lowest BCUT2D eigenvalue weighted by Gasteiger charge is -2.34. The van der Waals surface area contributed by atoms with Gasteiger partial charge in [0.2, 0.25) is 0 Å². The van der Waals surface area contributed by atoms with Gasteiger partial charge < -0.3 is 9.64 Å². The highest BCUT2D eigenvalue weighted by atomic mass is 16.5. The summed E-state index contributed by atoms with van der Waals surface area (Å²) in [5.41, 5.74) is 1.95. The molecule has 1 aromatic carbocycles. The topological polar surface area (TPSA) is 29.5 Å². The van der Waals surface area contributed by atoms with Crippen LogP contribution in [0.5, 0.6) is 0 Å². The third kappa shape index (κ3) is 2.03. The van der Waals surface area contributed by atoms with E-state index in [4.69, 9.17) is 4.74 Å². The van der Waals surface area contributed by atoms with Gasteiger partial charge in [-0.3, -0.25) is 4.79 Å². The zero-order valence-electron chi connectivity index (χ0n) is 10.8. The molecule has 2 saturated heterocycles. The summed E-state index contributed by atoms with van der Waals surface area (Å²) in [6.45, 7) is 3.76. The molecule has 0 aliphatic carbocycles. The molecule has 2 fully saturated rings. The number of benzene rings is 1. The molecule has 96 valence electrons. The molecule has 2 atom stereocenters. The van der Waals surface area contributed by atoms with Crippen molar-refractivity contribution >= 4 is 11.5 Å². The maximum absolute atomic E-state index is 12.0. The molecule has 2 aliphatic rings. The highest BCUT2D eigenvalue weighted by Crippen LogP contribution is 2.31. The van der Waals surface area contributed by atoms with Crippen LogP contribution in [0.15, 0.2) is 24.3 Å². The van der Waals surface area contributed by atoms with Crippen molar-refractivity contribution in [3.05, 3.63) is 29.8 Å². The van der Waals surface area contributed by atoms with E-state index in [9.17, 15) is 4.79 Å². The standard InChI is InChI=1S/C15H19NO2/c1-2-15(17)13-5-3-4-6-14(13)16-9-11-7-8-12(10-16)18-11/h3-6,11-12H,2,7-10H2,1H3. The van der Waals surface area contributed by atoms with E-state index < -0.39 is 0 Å². The van der Waals surface area contributed by atoms with Crippen molar-refractivity contribution in [3.8, 4) is 0 Å². The first kappa shape index (κ1) is 11.7. The Morgan fingerprint density at radius 3 is 2.61 bits per heavy atom. The van der Waals surface area contributed by atoms with Gasteiger partial charge in [-0.1, -0.05) is 19.1 Å². The second-order valence-corrected chi connectivity index (χ2v) is 5.16. The van der Waals surface area contributed by atoms with Crippen molar-refractivity contribution in [2.24, 2.45) is 0 Å². The van der Waals surface area contributed by atoms with Crippen LogP contribution < -0.4 is 4.90 Å². The molecule has 2 unspecified atom stereocenters. The van der Waals surface area contributed by atoms with E-state index >= 15 is 0 Å². The molecular formula is C15H19NO2. The first-order valence-corrected chi connectivity index (χ1v) is 6.80. The number of morpholine rings is 1. The molecule has 0 spiro atoms. The number of hydrogen-bond acceptors (Lipinski definition) is 3. The second kappa shape index (κ2) is 4.73. The number of Topliss-reactive ketones (excluding diaryl/α,β-unsaturated/α-hetero) is 1. The SMILES string of the molecule is CCC(=O)c1ccccc1N1CC2CCC(C1)O2. The number of carbonyl (C=O) groups is 1. The van der Waals surface area contributed by atoms with Gasteiger partial charge in [-0.2, -0.15) is 0 Å². The lowest BCUT2D eigenvalue weighted by Crippen LogP contribution is -2.43. The number of fused-ring (bicyclic) bond motifs is 2. The van der Waals surface area contributed by atoms with Crippen LogP contribution in [0, 0.1) is 0 Å². The van der Waals surface area contributed by atoms with Gasteiger partial charge in [-0.25, -0.2) is 0 Å². The van der Waals surface area contributed by atoms with Crippen molar-refractivity contribution in [2.75, 3.05) is 18.0 Å². The zero-order valence-corrected chi connectivity index (χ0v) is 10.8. The molecule has 3 heteroatoms. The number of rotatable bonds is 3. The summed E-state index contributed by atoms with van der Waals surface area (Å²) in [7, 11) is 0. The Morgan fingerprint density at radius 2 is 1.94 bits per heavy atom. The second-order valence-electron chi connectivity index (χ2n) is 5.16. The predicted octanol–water partition coefficient (Wildman–Crippen LogP) is 2.65. The van der Waals surface area contributed by atoms with E-state index in [1.54, 1.807) is 0 Å². The van der Waals surface area contributed by atoms with Crippen LogP contribution in [0.4, 0.5) is 5.69 Å². The van der Waals surface area contributed by atoms with E-state index in [-0.39, 0.29) is 5.78 Å². The zero-order chi connectivity index (χ0) is 12.5. The average molecular weight is 245 g/mol. The summed E-state index contributed by atoms with van der Waals surface area (Å²) < 4.78 is 5.85. The molecule has 0 N–H and O–H groups in total.